The zero-order valence-corrected chi connectivity index (χ0v) is 12.2. The van der Waals surface area contributed by atoms with Crippen LogP contribution in [0, 0.1) is 5.92 Å². The van der Waals surface area contributed by atoms with Crippen LogP contribution in [-0.4, -0.2) is 32.1 Å². The van der Waals surface area contributed by atoms with Gasteiger partial charge in [-0.25, -0.2) is 0 Å². The number of nitrogens with one attached hydrogen (secondary N) is 2. The van der Waals surface area contributed by atoms with Gasteiger partial charge in [-0.1, -0.05) is 13.0 Å². The summed E-state index contributed by atoms with van der Waals surface area (Å²) in [6.45, 7) is 7.57. The second kappa shape index (κ2) is 7.79. The van der Waals surface area contributed by atoms with E-state index < -0.39 is 0 Å². The maximum Gasteiger partial charge on any atom is 0.251 e. The van der Waals surface area contributed by atoms with E-state index in [0.29, 0.717) is 18.0 Å². The fraction of sp³-hybridized carbons (Fsp3) is 0.533. The predicted molar refractivity (Wildman–Crippen MR) is 77.6 cm³/mol. The normalized spacial score (nSPS) is 12.3. The third-order valence-electron chi connectivity index (χ3n) is 2.63. The Morgan fingerprint density at radius 3 is 2.63 bits per heavy atom. The molecule has 1 atom stereocenters. The highest BCUT2D eigenvalue weighted by atomic mass is 16.5. The van der Waals surface area contributed by atoms with E-state index in [-0.39, 0.29) is 12.0 Å². The molecule has 1 aromatic carbocycles. The van der Waals surface area contributed by atoms with E-state index in [9.17, 15) is 4.79 Å². The summed E-state index contributed by atoms with van der Waals surface area (Å²) in [4.78, 5) is 12.0. The van der Waals surface area contributed by atoms with Crippen molar-refractivity contribution in [3.63, 3.8) is 0 Å². The molecule has 2 N–H and O–H groups in total. The SMILES string of the molecule is CNCC(C)CNC(=O)c1cccc(OC(C)C)c1. The maximum atomic E-state index is 12.0. The second-order valence-corrected chi connectivity index (χ2v) is 5.07. The quantitative estimate of drug-likeness (QED) is 0.792. The van der Waals surface area contributed by atoms with Gasteiger partial charge >= 0.3 is 0 Å². The fourth-order valence-corrected chi connectivity index (χ4v) is 1.77. The van der Waals surface area contributed by atoms with Crippen molar-refractivity contribution >= 4 is 5.91 Å². The summed E-state index contributed by atoms with van der Waals surface area (Å²) < 4.78 is 5.58. The van der Waals surface area contributed by atoms with Crippen molar-refractivity contribution < 1.29 is 9.53 Å². The highest BCUT2D eigenvalue weighted by Crippen LogP contribution is 2.14. The van der Waals surface area contributed by atoms with Crippen molar-refractivity contribution in [1.29, 1.82) is 0 Å². The number of hydrogen-bond donors (Lipinski definition) is 2. The minimum Gasteiger partial charge on any atom is -0.491 e. The lowest BCUT2D eigenvalue weighted by molar-refractivity contribution is 0.0947. The summed E-state index contributed by atoms with van der Waals surface area (Å²) in [5.74, 6) is 1.08. The average Bonchev–Trinajstić information content (AvgIpc) is 2.36. The third kappa shape index (κ3) is 5.75. The van der Waals surface area contributed by atoms with Gasteiger partial charge in [0, 0.05) is 12.1 Å². The molecule has 19 heavy (non-hydrogen) atoms. The Hall–Kier alpha value is -1.55. The number of amides is 1. The number of carbonyl (C=O) groups is 1. The van der Waals surface area contributed by atoms with Crippen LogP contribution < -0.4 is 15.4 Å². The molecule has 0 radical (unpaired) electrons. The minimum absolute atomic E-state index is 0.0582. The average molecular weight is 264 g/mol. The molecule has 0 fully saturated rings. The Kier molecular flexibility index (Phi) is 6.36. The molecule has 1 unspecified atom stereocenters. The molecule has 0 spiro atoms. The molecule has 4 nitrogen and oxygen atoms in total. The van der Waals surface area contributed by atoms with Crippen LogP contribution in [0.2, 0.25) is 0 Å². The van der Waals surface area contributed by atoms with E-state index in [0.717, 1.165) is 12.3 Å². The third-order valence-corrected chi connectivity index (χ3v) is 2.63. The van der Waals surface area contributed by atoms with Gasteiger partial charge in [0.2, 0.25) is 0 Å². The first-order chi connectivity index (χ1) is 9.02. The molecule has 0 aliphatic carbocycles. The Morgan fingerprint density at radius 2 is 2.00 bits per heavy atom. The first-order valence-electron chi connectivity index (χ1n) is 6.72. The van der Waals surface area contributed by atoms with Crippen LogP contribution in [0.3, 0.4) is 0 Å². The molecule has 4 heteroatoms. The van der Waals surface area contributed by atoms with Crippen molar-refractivity contribution in [3.05, 3.63) is 29.8 Å². The van der Waals surface area contributed by atoms with Crippen molar-refractivity contribution in [3.8, 4) is 5.75 Å². The van der Waals surface area contributed by atoms with Crippen molar-refractivity contribution in [1.82, 2.24) is 10.6 Å². The number of ether oxygens (including phenoxy) is 1. The zero-order valence-electron chi connectivity index (χ0n) is 12.2. The van der Waals surface area contributed by atoms with Gasteiger partial charge in [-0.05, 0) is 51.6 Å². The molecule has 0 aliphatic heterocycles. The topological polar surface area (TPSA) is 50.4 Å². The van der Waals surface area contributed by atoms with Gasteiger partial charge in [-0.2, -0.15) is 0 Å². The zero-order chi connectivity index (χ0) is 14.3. The van der Waals surface area contributed by atoms with Gasteiger partial charge < -0.3 is 15.4 Å². The molecule has 1 aromatic rings. The lowest BCUT2D eigenvalue weighted by atomic mass is 10.1. The molecule has 0 saturated carbocycles. The fourth-order valence-electron chi connectivity index (χ4n) is 1.77. The molecule has 0 saturated heterocycles. The Morgan fingerprint density at radius 1 is 1.26 bits per heavy atom. The summed E-state index contributed by atoms with van der Waals surface area (Å²) in [5.41, 5.74) is 0.634. The number of rotatable bonds is 7. The summed E-state index contributed by atoms with van der Waals surface area (Å²) in [6, 6.07) is 7.27. The van der Waals surface area contributed by atoms with E-state index in [1.165, 1.54) is 0 Å². The number of benzene rings is 1. The summed E-state index contributed by atoms with van der Waals surface area (Å²) in [7, 11) is 1.91. The maximum absolute atomic E-state index is 12.0. The first-order valence-corrected chi connectivity index (χ1v) is 6.72. The Balaban J connectivity index is 2.56. The summed E-state index contributed by atoms with van der Waals surface area (Å²) in [6.07, 6.45) is 0.106. The van der Waals surface area contributed by atoms with Crippen LogP contribution in [0.4, 0.5) is 0 Å². The lowest BCUT2D eigenvalue weighted by Gasteiger charge is -2.13. The number of hydrogen-bond acceptors (Lipinski definition) is 3. The highest BCUT2D eigenvalue weighted by molar-refractivity contribution is 5.94. The predicted octanol–water partition coefficient (Wildman–Crippen LogP) is 2.06. The molecule has 0 aromatic heterocycles. The largest absolute Gasteiger partial charge is 0.491 e. The lowest BCUT2D eigenvalue weighted by Crippen LogP contribution is -2.32. The number of carbonyl (C=O) groups excluding carboxylic acids is 1. The molecular weight excluding hydrogens is 240 g/mol. The van der Waals surface area contributed by atoms with E-state index >= 15 is 0 Å². The van der Waals surface area contributed by atoms with E-state index in [2.05, 4.69) is 17.6 Å². The smallest absolute Gasteiger partial charge is 0.251 e. The summed E-state index contributed by atoms with van der Waals surface area (Å²) in [5, 5.41) is 6.02. The molecule has 1 amide bonds. The monoisotopic (exact) mass is 264 g/mol. The standard InChI is InChI=1S/C15H24N2O2/c1-11(2)19-14-7-5-6-13(8-14)15(18)17-10-12(3)9-16-4/h5-8,11-12,16H,9-10H2,1-4H3,(H,17,18). The Bertz CT molecular complexity index is 405. The van der Waals surface area contributed by atoms with Crippen LogP contribution in [0.25, 0.3) is 0 Å². The van der Waals surface area contributed by atoms with Crippen LogP contribution in [-0.2, 0) is 0 Å². The first kappa shape index (κ1) is 15.5. The molecule has 1 rings (SSSR count). The van der Waals surface area contributed by atoms with Crippen LogP contribution in [0.1, 0.15) is 31.1 Å². The van der Waals surface area contributed by atoms with Crippen molar-refractivity contribution in [2.75, 3.05) is 20.1 Å². The molecule has 0 bridgehead atoms. The van der Waals surface area contributed by atoms with Gasteiger partial charge in [0.15, 0.2) is 0 Å². The molecule has 0 heterocycles. The summed E-state index contributed by atoms with van der Waals surface area (Å²) >= 11 is 0. The van der Waals surface area contributed by atoms with E-state index in [1.807, 2.05) is 33.0 Å². The van der Waals surface area contributed by atoms with Gasteiger partial charge in [0.05, 0.1) is 6.10 Å². The molecular formula is C15H24N2O2. The van der Waals surface area contributed by atoms with Gasteiger partial charge in [-0.3, -0.25) is 4.79 Å². The van der Waals surface area contributed by atoms with Crippen molar-refractivity contribution in [2.24, 2.45) is 5.92 Å². The van der Waals surface area contributed by atoms with Gasteiger partial charge in [0.25, 0.3) is 5.91 Å². The molecule has 106 valence electrons. The van der Waals surface area contributed by atoms with E-state index in [4.69, 9.17) is 4.74 Å². The van der Waals surface area contributed by atoms with Crippen LogP contribution in [0.15, 0.2) is 24.3 Å². The van der Waals surface area contributed by atoms with Crippen molar-refractivity contribution in [2.45, 2.75) is 26.9 Å². The van der Waals surface area contributed by atoms with Gasteiger partial charge in [0.1, 0.15) is 5.75 Å². The van der Waals surface area contributed by atoms with E-state index in [1.54, 1.807) is 12.1 Å². The van der Waals surface area contributed by atoms with Crippen LogP contribution in [0.5, 0.6) is 5.75 Å². The van der Waals surface area contributed by atoms with Crippen LogP contribution >= 0.6 is 0 Å². The second-order valence-electron chi connectivity index (χ2n) is 5.07. The molecule has 0 aliphatic rings. The highest BCUT2D eigenvalue weighted by Gasteiger charge is 2.09. The van der Waals surface area contributed by atoms with Gasteiger partial charge in [-0.15, -0.1) is 0 Å². The Labute approximate surface area is 115 Å². The minimum atomic E-state index is -0.0582.